The quantitative estimate of drug-likeness (QED) is 0.602. The van der Waals surface area contributed by atoms with E-state index >= 15 is 0 Å². The first kappa shape index (κ1) is 8.64. The first-order valence-corrected chi connectivity index (χ1v) is 4.40. The predicted octanol–water partition coefficient (Wildman–Crippen LogP) is 2.35. The number of benzene rings is 1. The highest BCUT2D eigenvalue weighted by Crippen LogP contribution is 2.27. The standard InChI is InChI=1S/C8H10INO/c1-5-3-6(10-2)4-7(9)8(5)11/h3-4,10-11H,1-2H3. The zero-order chi connectivity index (χ0) is 8.43. The first-order chi connectivity index (χ1) is 5.15. The Kier molecular flexibility index (Phi) is 2.59. The van der Waals surface area contributed by atoms with Gasteiger partial charge in [-0.1, -0.05) is 0 Å². The molecule has 0 bridgehead atoms. The number of rotatable bonds is 1. The van der Waals surface area contributed by atoms with Crippen LogP contribution < -0.4 is 5.32 Å². The number of aryl methyl sites for hydroxylation is 1. The van der Waals surface area contributed by atoms with Crippen molar-refractivity contribution in [2.75, 3.05) is 12.4 Å². The molecule has 0 heterocycles. The fourth-order valence-electron chi connectivity index (χ4n) is 0.881. The van der Waals surface area contributed by atoms with Gasteiger partial charge in [-0.15, -0.1) is 0 Å². The van der Waals surface area contributed by atoms with Crippen LogP contribution in [0.1, 0.15) is 5.56 Å². The van der Waals surface area contributed by atoms with Crippen molar-refractivity contribution in [3.05, 3.63) is 21.3 Å². The SMILES string of the molecule is CNc1cc(C)c(O)c(I)c1. The van der Waals surface area contributed by atoms with Crippen molar-refractivity contribution in [3.63, 3.8) is 0 Å². The minimum atomic E-state index is 0.379. The maximum atomic E-state index is 9.39. The Morgan fingerprint density at radius 1 is 1.45 bits per heavy atom. The van der Waals surface area contributed by atoms with Gasteiger partial charge in [0.05, 0.1) is 3.57 Å². The van der Waals surface area contributed by atoms with Gasteiger partial charge >= 0.3 is 0 Å². The second-order valence-corrected chi connectivity index (χ2v) is 3.54. The van der Waals surface area contributed by atoms with Crippen LogP contribution in [0.4, 0.5) is 5.69 Å². The fourth-order valence-corrected chi connectivity index (χ4v) is 1.64. The molecule has 0 radical (unpaired) electrons. The van der Waals surface area contributed by atoms with E-state index in [9.17, 15) is 5.11 Å². The van der Waals surface area contributed by atoms with Crippen LogP contribution in [-0.4, -0.2) is 12.2 Å². The molecule has 0 saturated carbocycles. The molecule has 60 valence electrons. The molecule has 0 unspecified atom stereocenters. The summed E-state index contributed by atoms with van der Waals surface area (Å²) in [5.74, 6) is 0.379. The van der Waals surface area contributed by atoms with Crippen molar-refractivity contribution in [1.29, 1.82) is 0 Å². The molecule has 0 amide bonds. The number of phenols is 1. The third-order valence-electron chi connectivity index (χ3n) is 1.54. The molecule has 3 heteroatoms. The normalized spacial score (nSPS) is 9.73. The monoisotopic (exact) mass is 263 g/mol. The van der Waals surface area contributed by atoms with Gasteiger partial charge in [0, 0.05) is 12.7 Å². The lowest BCUT2D eigenvalue weighted by Crippen LogP contribution is -1.90. The zero-order valence-corrected chi connectivity index (χ0v) is 8.64. The molecule has 0 aromatic heterocycles. The highest BCUT2D eigenvalue weighted by molar-refractivity contribution is 14.1. The topological polar surface area (TPSA) is 32.3 Å². The van der Waals surface area contributed by atoms with E-state index in [1.807, 2.05) is 26.1 Å². The Balaban J connectivity index is 3.21. The summed E-state index contributed by atoms with van der Waals surface area (Å²) in [5.41, 5.74) is 1.94. The van der Waals surface area contributed by atoms with Crippen molar-refractivity contribution in [2.45, 2.75) is 6.92 Å². The van der Waals surface area contributed by atoms with Gasteiger partial charge in [-0.05, 0) is 47.2 Å². The first-order valence-electron chi connectivity index (χ1n) is 3.32. The summed E-state index contributed by atoms with van der Waals surface area (Å²) < 4.78 is 0.881. The minimum absolute atomic E-state index is 0.379. The van der Waals surface area contributed by atoms with Crippen LogP contribution in [0.2, 0.25) is 0 Å². The second-order valence-electron chi connectivity index (χ2n) is 2.37. The molecule has 0 saturated heterocycles. The van der Waals surface area contributed by atoms with Crippen LogP contribution in [0, 0.1) is 10.5 Å². The van der Waals surface area contributed by atoms with Crippen molar-refractivity contribution in [1.82, 2.24) is 0 Å². The van der Waals surface area contributed by atoms with Gasteiger partial charge in [0.1, 0.15) is 5.75 Å². The van der Waals surface area contributed by atoms with Crippen LogP contribution in [0.25, 0.3) is 0 Å². The van der Waals surface area contributed by atoms with Gasteiger partial charge in [-0.2, -0.15) is 0 Å². The van der Waals surface area contributed by atoms with Gasteiger partial charge < -0.3 is 10.4 Å². The van der Waals surface area contributed by atoms with Gasteiger partial charge in [0.25, 0.3) is 0 Å². The summed E-state index contributed by atoms with van der Waals surface area (Å²) >= 11 is 2.11. The van der Waals surface area contributed by atoms with Crippen LogP contribution in [-0.2, 0) is 0 Å². The van der Waals surface area contributed by atoms with E-state index in [2.05, 4.69) is 27.9 Å². The third kappa shape index (κ3) is 1.77. The van der Waals surface area contributed by atoms with E-state index in [-0.39, 0.29) is 0 Å². The minimum Gasteiger partial charge on any atom is -0.507 e. The molecule has 0 aliphatic heterocycles. The van der Waals surface area contributed by atoms with E-state index in [4.69, 9.17) is 0 Å². The van der Waals surface area contributed by atoms with E-state index in [0.717, 1.165) is 14.8 Å². The molecule has 1 rings (SSSR count). The molecule has 1 aromatic carbocycles. The Morgan fingerprint density at radius 3 is 2.55 bits per heavy atom. The average Bonchev–Trinajstić information content (AvgIpc) is 1.99. The number of nitrogens with one attached hydrogen (secondary N) is 1. The number of phenolic OH excluding ortho intramolecular Hbond substituents is 1. The zero-order valence-electron chi connectivity index (χ0n) is 6.48. The molecule has 2 nitrogen and oxygen atoms in total. The summed E-state index contributed by atoms with van der Waals surface area (Å²) in [7, 11) is 1.86. The van der Waals surface area contributed by atoms with Crippen molar-refractivity contribution in [3.8, 4) is 5.75 Å². The van der Waals surface area contributed by atoms with E-state index in [1.165, 1.54) is 0 Å². The molecule has 11 heavy (non-hydrogen) atoms. The number of aromatic hydroxyl groups is 1. The largest absolute Gasteiger partial charge is 0.507 e. The molecule has 0 fully saturated rings. The Hall–Kier alpha value is -0.450. The number of hydrogen-bond donors (Lipinski definition) is 2. The lowest BCUT2D eigenvalue weighted by Gasteiger charge is -2.05. The predicted molar refractivity (Wildman–Crippen MR) is 55.1 cm³/mol. The van der Waals surface area contributed by atoms with Gasteiger partial charge in [0.2, 0.25) is 0 Å². The number of anilines is 1. The molecular weight excluding hydrogens is 253 g/mol. The maximum Gasteiger partial charge on any atom is 0.131 e. The maximum absolute atomic E-state index is 9.39. The molecule has 0 atom stereocenters. The van der Waals surface area contributed by atoms with Gasteiger partial charge in [-0.3, -0.25) is 0 Å². The van der Waals surface area contributed by atoms with Crippen LogP contribution >= 0.6 is 22.6 Å². The molecule has 2 N–H and O–H groups in total. The molecular formula is C8H10INO. The van der Waals surface area contributed by atoms with Crippen molar-refractivity contribution in [2.24, 2.45) is 0 Å². The summed E-state index contributed by atoms with van der Waals surface area (Å²) in [4.78, 5) is 0. The average molecular weight is 263 g/mol. The number of hydrogen-bond acceptors (Lipinski definition) is 2. The highest BCUT2D eigenvalue weighted by Gasteiger charge is 2.02. The fraction of sp³-hybridized carbons (Fsp3) is 0.250. The van der Waals surface area contributed by atoms with E-state index in [1.54, 1.807) is 0 Å². The Bertz CT molecular complexity index is 250. The van der Waals surface area contributed by atoms with Gasteiger partial charge in [0.15, 0.2) is 0 Å². The Labute approximate surface area is 79.8 Å². The highest BCUT2D eigenvalue weighted by atomic mass is 127. The van der Waals surface area contributed by atoms with Crippen LogP contribution in [0.15, 0.2) is 12.1 Å². The third-order valence-corrected chi connectivity index (χ3v) is 2.36. The summed E-state index contributed by atoms with van der Waals surface area (Å²) in [6.45, 7) is 1.89. The van der Waals surface area contributed by atoms with E-state index < -0.39 is 0 Å². The lowest BCUT2D eigenvalue weighted by molar-refractivity contribution is 0.467. The Morgan fingerprint density at radius 2 is 2.09 bits per heavy atom. The number of halogens is 1. The van der Waals surface area contributed by atoms with E-state index in [0.29, 0.717) is 5.75 Å². The summed E-state index contributed by atoms with van der Waals surface area (Å²) in [5, 5.41) is 12.4. The van der Waals surface area contributed by atoms with Crippen LogP contribution in [0.3, 0.4) is 0 Å². The molecule has 1 aromatic rings. The lowest BCUT2D eigenvalue weighted by atomic mass is 10.2. The molecule has 0 spiro atoms. The smallest absolute Gasteiger partial charge is 0.131 e. The summed E-state index contributed by atoms with van der Waals surface area (Å²) in [6, 6.07) is 3.82. The second kappa shape index (κ2) is 3.30. The van der Waals surface area contributed by atoms with Crippen LogP contribution in [0.5, 0.6) is 5.75 Å². The van der Waals surface area contributed by atoms with Crippen molar-refractivity contribution < 1.29 is 5.11 Å². The van der Waals surface area contributed by atoms with Gasteiger partial charge in [-0.25, -0.2) is 0 Å². The molecule has 0 aliphatic carbocycles. The van der Waals surface area contributed by atoms with Crippen molar-refractivity contribution >= 4 is 28.3 Å². The summed E-state index contributed by atoms with van der Waals surface area (Å²) in [6.07, 6.45) is 0. The molecule has 0 aliphatic rings.